The number of amides is 2. The van der Waals surface area contributed by atoms with Crippen LogP contribution in [0.25, 0.3) is 11.3 Å². The molecule has 130 valence electrons. The minimum Gasteiger partial charge on any atom is -0.348 e. The molecule has 0 aliphatic carbocycles. The lowest BCUT2D eigenvalue weighted by Gasteiger charge is -2.08. The van der Waals surface area contributed by atoms with Gasteiger partial charge in [-0.3, -0.25) is 19.6 Å². The summed E-state index contributed by atoms with van der Waals surface area (Å²) in [6.45, 7) is 1.84. The predicted octanol–water partition coefficient (Wildman–Crippen LogP) is 3.03. The summed E-state index contributed by atoms with van der Waals surface area (Å²) in [5, 5.41) is 5.56. The highest BCUT2D eigenvalue weighted by atomic mass is 16.2. The second-order valence-corrected chi connectivity index (χ2v) is 5.73. The average Bonchev–Trinajstić information content (AvgIpc) is 2.67. The molecule has 6 heteroatoms. The summed E-state index contributed by atoms with van der Waals surface area (Å²) in [7, 11) is 0. The Labute approximate surface area is 151 Å². The summed E-state index contributed by atoms with van der Waals surface area (Å²) < 4.78 is 0. The molecule has 6 nitrogen and oxygen atoms in total. The van der Waals surface area contributed by atoms with E-state index in [0.717, 1.165) is 16.8 Å². The van der Waals surface area contributed by atoms with E-state index in [1.165, 1.54) is 6.92 Å². The average molecular weight is 346 g/mol. The van der Waals surface area contributed by atoms with E-state index in [4.69, 9.17) is 0 Å². The topological polar surface area (TPSA) is 84.0 Å². The molecule has 0 aliphatic heterocycles. The molecule has 0 spiro atoms. The van der Waals surface area contributed by atoms with Crippen molar-refractivity contribution in [3.05, 3.63) is 78.2 Å². The first-order valence-corrected chi connectivity index (χ1v) is 8.13. The Morgan fingerprint density at radius 3 is 2.38 bits per heavy atom. The quantitative estimate of drug-likeness (QED) is 0.744. The molecule has 2 amide bonds. The zero-order valence-electron chi connectivity index (χ0n) is 14.3. The van der Waals surface area contributed by atoms with Crippen molar-refractivity contribution >= 4 is 17.5 Å². The minimum atomic E-state index is -0.179. The van der Waals surface area contributed by atoms with Crippen molar-refractivity contribution < 1.29 is 9.59 Å². The van der Waals surface area contributed by atoms with Gasteiger partial charge in [0.2, 0.25) is 5.91 Å². The molecule has 2 aromatic heterocycles. The van der Waals surface area contributed by atoms with Gasteiger partial charge in [0.25, 0.3) is 5.91 Å². The molecule has 1 aromatic carbocycles. The molecule has 0 atom stereocenters. The van der Waals surface area contributed by atoms with Crippen LogP contribution >= 0.6 is 0 Å². The molecule has 0 unspecified atom stereocenters. The van der Waals surface area contributed by atoms with Gasteiger partial charge in [0.1, 0.15) is 0 Å². The van der Waals surface area contributed by atoms with E-state index in [0.29, 0.717) is 17.8 Å². The van der Waals surface area contributed by atoms with Crippen LogP contribution in [0.1, 0.15) is 22.8 Å². The molecule has 2 N–H and O–H groups in total. The smallest absolute Gasteiger partial charge is 0.251 e. The lowest BCUT2D eigenvalue weighted by atomic mass is 10.1. The fourth-order valence-corrected chi connectivity index (χ4v) is 2.46. The van der Waals surface area contributed by atoms with Crippen LogP contribution in [0, 0.1) is 0 Å². The Kier molecular flexibility index (Phi) is 5.34. The molecule has 0 saturated heterocycles. The van der Waals surface area contributed by atoms with Crippen LogP contribution in [0.5, 0.6) is 0 Å². The maximum absolute atomic E-state index is 12.3. The van der Waals surface area contributed by atoms with E-state index in [-0.39, 0.29) is 11.8 Å². The molecule has 3 aromatic rings. The largest absolute Gasteiger partial charge is 0.348 e. The summed E-state index contributed by atoms with van der Waals surface area (Å²) in [6, 6.07) is 14.3. The van der Waals surface area contributed by atoms with Crippen molar-refractivity contribution in [2.75, 3.05) is 5.32 Å². The number of aromatic nitrogens is 2. The lowest BCUT2D eigenvalue weighted by molar-refractivity contribution is -0.114. The zero-order chi connectivity index (χ0) is 18.4. The van der Waals surface area contributed by atoms with Gasteiger partial charge in [0.05, 0.1) is 5.69 Å². The molecular formula is C20H18N4O2. The van der Waals surface area contributed by atoms with Crippen molar-refractivity contribution in [3.8, 4) is 11.3 Å². The van der Waals surface area contributed by atoms with Gasteiger partial charge in [-0.15, -0.1) is 0 Å². The van der Waals surface area contributed by atoms with Crippen LogP contribution in [0.3, 0.4) is 0 Å². The monoisotopic (exact) mass is 346 g/mol. The molecule has 3 rings (SSSR count). The summed E-state index contributed by atoms with van der Waals surface area (Å²) in [6.07, 6.45) is 5.16. The zero-order valence-corrected chi connectivity index (χ0v) is 14.3. The van der Waals surface area contributed by atoms with Crippen molar-refractivity contribution in [1.29, 1.82) is 0 Å². The summed E-state index contributed by atoms with van der Waals surface area (Å²) >= 11 is 0. The van der Waals surface area contributed by atoms with Crippen LogP contribution in [0.2, 0.25) is 0 Å². The van der Waals surface area contributed by atoms with E-state index in [1.54, 1.807) is 42.9 Å². The van der Waals surface area contributed by atoms with E-state index in [2.05, 4.69) is 20.6 Å². The van der Waals surface area contributed by atoms with Crippen LogP contribution in [0.15, 0.2) is 67.1 Å². The van der Waals surface area contributed by atoms with Gasteiger partial charge in [-0.25, -0.2) is 0 Å². The minimum absolute atomic E-state index is 0.148. The van der Waals surface area contributed by atoms with Gasteiger partial charge in [0, 0.05) is 48.9 Å². The van der Waals surface area contributed by atoms with Crippen LogP contribution in [0.4, 0.5) is 5.69 Å². The maximum Gasteiger partial charge on any atom is 0.251 e. The van der Waals surface area contributed by atoms with Crippen molar-refractivity contribution in [1.82, 2.24) is 15.3 Å². The Morgan fingerprint density at radius 2 is 1.69 bits per heavy atom. The van der Waals surface area contributed by atoms with E-state index in [9.17, 15) is 9.59 Å². The van der Waals surface area contributed by atoms with Crippen LogP contribution in [-0.4, -0.2) is 21.8 Å². The number of hydrogen-bond acceptors (Lipinski definition) is 4. The summed E-state index contributed by atoms with van der Waals surface area (Å²) in [5.41, 5.74) is 3.95. The molecule has 0 radical (unpaired) electrons. The number of nitrogens with one attached hydrogen (secondary N) is 2. The van der Waals surface area contributed by atoms with Gasteiger partial charge in [-0.05, 0) is 54.1 Å². The normalized spacial score (nSPS) is 10.2. The highest BCUT2D eigenvalue weighted by Crippen LogP contribution is 2.16. The maximum atomic E-state index is 12.3. The molecule has 2 heterocycles. The standard InChI is InChI=1S/C20H18N4O2/c1-14(25)24-18-4-2-17(3-5-18)20(26)23-13-15-6-11-22-19(12-15)16-7-9-21-10-8-16/h2-12H,13H2,1H3,(H,23,26)(H,24,25). The van der Waals surface area contributed by atoms with Crippen molar-refractivity contribution in [3.63, 3.8) is 0 Å². The highest BCUT2D eigenvalue weighted by molar-refractivity contribution is 5.95. The van der Waals surface area contributed by atoms with Gasteiger partial charge >= 0.3 is 0 Å². The number of carbonyl (C=O) groups excluding carboxylic acids is 2. The Bertz CT molecular complexity index is 909. The Morgan fingerprint density at radius 1 is 0.962 bits per heavy atom. The van der Waals surface area contributed by atoms with Crippen molar-refractivity contribution in [2.45, 2.75) is 13.5 Å². The second kappa shape index (κ2) is 8.02. The number of carbonyl (C=O) groups is 2. The first kappa shape index (κ1) is 17.3. The fraction of sp³-hybridized carbons (Fsp3) is 0.100. The second-order valence-electron chi connectivity index (χ2n) is 5.73. The molecule has 0 bridgehead atoms. The molecule has 0 saturated carbocycles. The molecule has 0 aliphatic rings. The van der Waals surface area contributed by atoms with E-state index < -0.39 is 0 Å². The highest BCUT2D eigenvalue weighted by Gasteiger charge is 2.07. The first-order chi connectivity index (χ1) is 12.6. The molecule has 0 fully saturated rings. The Balaban J connectivity index is 1.63. The number of rotatable bonds is 5. The molecule has 26 heavy (non-hydrogen) atoms. The number of benzene rings is 1. The molecular weight excluding hydrogens is 328 g/mol. The van der Waals surface area contributed by atoms with Gasteiger partial charge in [-0.1, -0.05) is 0 Å². The number of nitrogens with zero attached hydrogens (tertiary/aromatic N) is 2. The van der Waals surface area contributed by atoms with Gasteiger partial charge in [0.15, 0.2) is 0 Å². The predicted molar refractivity (Wildman–Crippen MR) is 99.4 cm³/mol. The fourth-order valence-electron chi connectivity index (χ4n) is 2.46. The van der Waals surface area contributed by atoms with Gasteiger partial charge in [-0.2, -0.15) is 0 Å². The number of pyridine rings is 2. The first-order valence-electron chi connectivity index (χ1n) is 8.13. The number of anilines is 1. The third kappa shape index (κ3) is 4.51. The van der Waals surface area contributed by atoms with Crippen LogP contribution in [-0.2, 0) is 11.3 Å². The third-order valence-corrected chi connectivity index (χ3v) is 3.72. The van der Waals surface area contributed by atoms with Crippen LogP contribution < -0.4 is 10.6 Å². The summed E-state index contributed by atoms with van der Waals surface area (Å²) in [5.74, 6) is -0.327. The third-order valence-electron chi connectivity index (χ3n) is 3.72. The summed E-state index contributed by atoms with van der Waals surface area (Å²) in [4.78, 5) is 31.7. The van der Waals surface area contributed by atoms with E-state index >= 15 is 0 Å². The Hall–Kier alpha value is -3.54. The lowest BCUT2D eigenvalue weighted by Crippen LogP contribution is -2.22. The van der Waals surface area contributed by atoms with E-state index in [1.807, 2.05) is 24.3 Å². The van der Waals surface area contributed by atoms with Gasteiger partial charge < -0.3 is 10.6 Å². The number of hydrogen-bond donors (Lipinski definition) is 2. The van der Waals surface area contributed by atoms with Crippen molar-refractivity contribution in [2.24, 2.45) is 0 Å². The SMILES string of the molecule is CC(=O)Nc1ccc(C(=O)NCc2ccnc(-c3ccncc3)c2)cc1.